The summed E-state index contributed by atoms with van der Waals surface area (Å²) in [6, 6.07) is 3.03. The van der Waals surface area contributed by atoms with Gasteiger partial charge in [-0.1, -0.05) is 0 Å². The fourth-order valence-corrected chi connectivity index (χ4v) is 1.74. The van der Waals surface area contributed by atoms with Crippen molar-refractivity contribution < 1.29 is 13.9 Å². The van der Waals surface area contributed by atoms with E-state index in [1.165, 1.54) is 0 Å². The van der Waals surface area contributed by atoms with Crippen LogP contribution >= 0.6 is 22.6 Å². The van der Waals surface area contributed by atoms with Crippen LogP contribution in [0.15, 0.2) is 23.0 Å². The van der Waals surface area contributed by atoms with Crippen molar-refractivity contribution in [1.82, 2.24) is 9.97 Å². The van der Waals surface area contributed by atoms with Gasteiger partial charge in [0.05, 0.1) is 0 Å². The number of aromatic nitrogens is 2. The molecule has 2 N–H and O–H groups in total. The largest absolute Gasteiger partial charge is 0.492 e. The molecule has 1 aromatic heterocycles. The van der Waals surface area contributed by atoms with Crippen molar-refractivity contribution in [3.05, 3.63) is 55.1 Å². The van der Waals surface area contributed by atoms with Gasteiger partial charge in [0.15, 0.2) is 0 Å². The highest BCUT2D eigenvalue weighted by atomic mass is 127. The Labute approximate surface area is 114 Å². The summed E-state index contributed by atoms with van der Waals surface area (Å²) in [6.45, 7) is 0. The quantitative estimate of drug-likeness (QED) is 0.801. The van der Waals surface area contributed by atoms with Crippen molar-refractivity contribution in [2.24, 2.45) is 0 Å². The van der Waals surface area contributed by atoms with E-state index >= 15 is 0 Å². The van der Waals surface area contributed by atoms with Crippen molar-refractivity contribution >= 4 is 22.6 Å². The normalized spacial score (nSPS) is 10.6. The van der Waals surface area contributed by atoms with Crippen LogP contribution in [0.1, 0.15) is 11.4 Å². The van der Waals surface area contributed by atoms with E-state index < -0.39 is 23.1 Å². The van der Waals surface area contributed by atoms with Crippen LogP contribution in [0.25, 0.3) is 0 Å². The van der Waals surface area contributed by atoms with Crippen LogP contribution in [0, 0.1) is 15.2 Å². The number of aromatic hydroxyl groups is 1. The van der Waals surface area contributed by atoms with Gasteiger partial charge in [0, 0.05) is 12.5 Å². The third kappa shape index (κ3) is 2.84. The van der Waals surface area contributed by atoms with E-state index in [9.17, 15) is 18.7 Å². The topological polar surface area (TPSA) is 66.0 Å². The SMILES string of the molecule is O=c1[nH]c(Cc2cc(F)cc(F)c2)nc(O)c1I. The van der Waals surface area contributed by atoms with Gasteiger partial charge in [-0.2, -0.15) is 4.98 Å². The molecule has 0 bridgehead atoms. The number of H-pyrrole nitrogens is 1. The number of hydrogen-bond donors (Lipinski definition) is 2. The van der Waals surface area contributed by atoms with Gasteiger partial charge in [-0.15, -0.1) is 0 Å². The lowest BCUT2D eigenvalue weighted by atomic mass is 10.1. The zero-order valence-corrected chi connectivity index (χ0v) is 11.0. The van der Waals surface area contributed by atoms with Crippen LogP contribution in [0.4, 0.5) is 8.78 Å². The maximum atomic E-state index is 13.0. The smallest absolute Gasteiger partial charge is 0.268 e. The van der Waals surface area contributed by atoms with Gasteiger partial charge in [0.25, 0.3) is 5.56 Å². The summed E-state index contributed by atoms with van der Waals surface area (Å²) in [4.78, 5) is 17.5. The summed E-state index contributed by atoms with van der Waals surface area (Å²) in [7, 11) is 0. The minimum atomic E-state index is -0.706. The lowest BCUT2D eigenvalue weighted by Gasteiger charge is -2.03. The minimum absolute atomic E-state index is 0.0222. The third-order valence-electron chi connectivity index (χ3n) is 2.19. The van der Waals surface area contributed by atoms with Gasteiger partial charge in [0.2, 0.25) is 5.88 Å². The predicted molar refractivity (Wildman–Crippen MR) is 68.4 cm³/mol. The first-order chi connectivity index (χ1) is 8.45. The van der Waals surface area contributed by atoms with E-state index in [0.717, 1.165) is 18.2 Å². The van der Waals surface area contributed by atoms with Crippen LogP contribution in [-0.2, 0) is 6.42 Å². The molecule has 94 valence electrons. The first kappa shape index (κ1) is 12.9. The predicted octanol–water partition coefficient (Wildman–Crippen LogP) is 1.95. The summed E-state index contributed by atoms with van der Waals surface area (Å²) in [5.74, 6) is -1.67. The highest BCUT2D eigenvalue weighted by Crippen LogP contribution is 2.14. The van der Waals surface area contributed by atoms with Gasteiger partial charge in [-0.3, -0.25) is 4.79 Å². The molecule has 0 saturated carbocycles. The van der Waals surface area contributed by atoms with Gasteiger partial charge >= 0.3 is 0 Å². The first-order valence-electron chi connectivity index (χ1n) is 4.88. The van der Waals surface area contributed by atoms with Crippen molar-refractivity contribution in [3.63, 3.8) is 0 Å². The second-order valence-electron chi connectivity index (χ2n) is 3.60. The zero-order valence-electron chi connectivity index (χ0n) is 8.88. The highest BCUT2D eigenvalue weighted by Gasteiger charge is 2.09. The third-order valence-corrected chi connectivity index (χ3v) is 3.16. The summed E-state index contributed by atoms with van der Waals surface area (Å²) in [5.41, 5.74) is -0.175. The van der Waals surface area contributed by atoms with Crippen molar-refractivity contribution in [1.29, 1.82) is 0 Å². The van der Waals surface area contributed by atoms with E-state index in [4.69, 9.17) is 0 Å². The molecule has 18 heavy (non-hydrogen) atoms. The first-order valence-corrected chi connectivity index (χ1v) is 5.96. The molecule has 0 amide bonds. The minimum Gasteiger partial charge on any atom is -0.492 e. The molecule has 0 aliphatic heterocycles. The molecule has 7 heteroatoms. The summed E-state index contributed by atoms with van der Waals surface area (Å²) < 4.78 is 26.0. The molecule has 2 aromatic rings. The maximum absolute atomic E-state index is 13.0. The number of aromatic amines is 1. The molecule has 0 spiro atoms. The fourth-order valence-electron chi connectivity index (χ4n) is 1.48. The molecule has 2 rings (SSSR count). The number of nitrogens with zero attached hydrogens (tertiary/aromatic N) is 1. The molecule has 0 unspecified atom stereocenters. The Kier molecular flexibility index (Phi) is 3.60. The van der Waals surface area contributed by atoms with Gasteiger partial charge < -0.3 is 10.1 Å². The van der Waals surface area contributed by atoms with Crippen LogP contribution in [0.5, 0.6) is 5.88 Å². The lowest BCUT2D eigenvalue weighted by molar-refractivity contribution is 0.443. The Morgan fingerprint density at radius 3 is 2.44 bits per heavy atom. The van der Waals surface area contributed by atoms with Gasteiger partial charge in [-0.05, 0) is 40.3 Å². The van der Waals surface area contributed by atoms with Crippen molar-refractivity contribution in [3.8, 4) is 5.88 Å². The van der Waals surface area contributed by atoms with E-state index in [0.29, 0.717) is 5.56 Å². The molecule has 1 aromatic carbocycles. The highest BCUT2D eigenvalue weighted by molar-refractivity contribution is 14.1. The van der Waals surface area contributed by atoms with E-state index in [2.05, 4.69) is 9.97 Å². The van der Waals surface area contributed by atoms with Crippen LogP contribution in [-0.4, -0.2) is 15.1 Å². The molecule has 4 nitrogen and oxygen atoms in total. The Morgan fingerprint density at radius 1 is 1.28 bits per heavy atom. The van der Waals surface area contributed by atoms with E-state index in [1.807, 2.05) is 0 Å². The summed E-state index contributed by atoms with van der Waals surface area (Å²) in [5, 5.41) is 9.38. The number of nitrogens with one attached hydrogen (secondary N) is 1. The average molecular weight is 364 g/mol. The Morgan fingerprint density at radius 2 is 1.89 bits per heavy atom. The lowest BCUT2D eigenvalue weighted by Crippen LogP contribution is -2.14. The van der Waals surface area contributed by atoms with E-state index in [1.54, 1.807) is 22.6 Å². The molecule has 1 heterocycles. The average Bonchev–Trinajstić information content (AvgIpc) is 2.24. The number of benzene rings is 1. The van der Waals surface area contributed by atoms with Crippen LogP contribution in [0.3, 0.4) is 0 Å². The Balaban J connectivity index is 2.37. The van der Waals surface area contributed by atoms with Crippen molar-refractivity contribution in [2.45, 2.75) is 6.42 Å². The monoisotopic (exact) mass is 364 g/mol. The second kappa shape index (κ2) is 5.01. The fraction of sp³-hybridized carbons (Fsp3) is 0.0909. The summed E-state index contributed by atoms with van der Waals surface area (Å²) >= 11 is 1.65. The Bertz CT molecular complexity index is 638. The second-order valence-corrected chi connectivity index (χ2v) is 4.68. The van der Waals surface area contributed by atoms with Crippen LogP contribution < -0.4 is 5.56 Å². The number of halogens is 3. The molecule has 0 saturated heterocycles. The van der Waals surface area contributed by atoms with E-state index in [-0.39, 0.29) is 15.8 Å². The molecular formula is C11H7F2IN2O2. The molecule has 0 atom stereocenters. The molecular weight excluding hydrogens is 357 g/mol. The maximum Gasteiger partial charge on any atom is 0.268 e. The molecule has 0 fully saturated rings. The Hall–Kier alpha value is -1.51. The van der Waals surface area contributed by atoms with Crippen LogP contribution in [0.2, 0.25) is 0 Å². The number of hydrogen-bond acceptors (Lipinski definition) is 3. The van der Waals surface area contributed by atoms with Gasteiger partial charge in [0.1, 0.15) is 21.0 Å². The van der Waals surface area contributed by atoms with Crippen molar-refractivity contribution in [2.75, 3.05) is 0 Å². The molecule has 0 aliphatic carbocycles. The molecule has 0 aliphatic rings. The zero-order chi connectivity index (χ0) is 13.3. The standard InChI is InChI=1S/C11H7F2IN2O2/c12-6-1-5(2-7(13)4-6)3-8-15-10(17)9(14)11(18)16-8/h1-2,4H,3H2,(H2,15,16,17,18). The number of rotatable bonds is 2. The molecule has 0 radical (unpaired) electrons. The van der Waals surface area contributed by atoms with Gasteiger partial charge in [-0.25, -0.2) is 8.78 Å². The summed E-state index contributed by atoms with van der Waals surface area (Å²) in [6.07, 6.45) is 0.0222.